The third-order valence-electron chi connectivity index (χ3n) is 3.38. The Kier molecular flexibility index (Phi) is 2.74. The summed E-state index contributed by atoms with van der Waals surface area (Å²) in [6.07, 6.45) is 2.58. The van der Waals surface area contributed by atoms with Crippen molar-refractivity contribution in [3.63, 3.8) is 0 Å². The molecular weight excluding hydrogens is 274 g/mol. The van der Waals surface area contributed by atoms with Gasteiger partial charge >= 0.3 is 0 Å². The highest BCUT2D eigenvalue weighted by Gasteiger charge is 2.17. The van der Waals surface area contributed by atoms with E-state index < -0.39 is 0 Å². The van der Waals surface area contributed by atoms with Crippen molar-refractivity contribution in [2.45, 2.75) is 12.8 Å². The Bertz CT molecular complexity index is 677. The third-order valence-corrected chi connectivity index (χ3v) is 5.34. The van der Waals surface area contributed by atoms with E-state index in [2.05, 4.69) is 33.5 Å². The Morgan fingerprint density at radius 1 is 1.05 bits per heavy atom. The normalized spacial score (nSPS) is 15.5. The topological polar surface area (TPSA) is 29.0 Å². The Labute approximate surface area is 119 Å². The van der Waals surface area contributed by atoms with Crippen molar-refractivity contribution in [3.05, 3.63) is 29.6 Å². The van der Waals surface area contributed by atoms with Gasteiger partial charge in [-0.2, -0.15) is 0 Å². The first-order valence-corrected chi connectivity index (χ1v) is 8.16. The van der Waals surface area contributed by atoms with E-state index in [0.29, 0.717) is 0 Å². The fourth-order valence-electron chi connectivity index (χ4n) is 2.40. The van der Waals surface area contributed by atoms with Gasteiger partial charge in [0.05, 0.1) is 10.2 Å². The highest BCUT2D eigenvalue weighted by atomic mass is 32.1. The van der Waals surface area contributed by atoms with Crippen molar-refractivity contribution >= 4 is 38.0 Å². The van der Waals surface area contributed by atoms with Gasteiger partial charge in [0.2, 0.25) is 0 Å². The molecule has 0 amide bonds. The summed E-state index contributed by atoms with van der Waals surface area (Å²) in [5.41, 5.74) is 2.09. The molecule has 1 fully saturated rings. The van der Waals surface area contributed by atoms with Crippen LogP contribution >= 0.6 is 22.7 Å². The second kappa shape index (κ2) is 4.58. The summed E-state index contributed by atoms with van der Waals surface area (Å²) in [4.78, 5) is 11.8. The van der Waals surface area contributed by atoms with Crippen LogP contribution in [0, 0.1) is 0 Å². The van der Waals surface area contributed by atoms with Crippen molar-refractivity contribution in [2.24, 2.45) is 0 Å². The summed E-state index contributed by atoms with van der Waals surface area (Å²) in [6, 6.07) is 8.26. The standard InChI is InChI=1S/C14H13N3S2/c1-2-6-12-10(5-1)15-13(19-12)11-9-18-14(16-11)17-7-3-4-8-17/h1-2,5-6,9H,3-4,7-8H2. The van der Waals surface area contributed by atoms with Crippen LogP contribution in [0.2, 0.25) is 0 Å². The van der Waals surface area contributed by atoms with E-state index in [1.54, 1.807) is 22.7 Å². The number of nitrogens with zero attached hydrogens (tertiary/aromatic N) is 3. The van der Waals surface area contributed by atoms with Crippen LogP contribution in [0.1, 0.15) is 12.8 Å². The third kappa shape index (κ3) is 2.03. The lowest BCUT2D eigenvalue weighted by Gasteiger charge is -2.11. The lowest BCUT2D eigenvalue weighted by atomic mass is 10.3. The summed E-state index contributed by atoms with van der Waals surface area (Å²) in [5, 5.41) is 4.31. The van der Waals surface area contributed by atoms with Crippen molar-refractivity contribution < 1.29 is 0 Å². The van der Waals surface area contributed by atoms with E-state index in [0.717, 1.165) is 34.4 Å². The van der Waals surface area contributed by atoms with Crippen LogP contribution in [0.3, 0.4) is 0 Å². The van der Waals surface area contributed by atoms with Crippen LogP contribution in [0.15, 0.2) is 29.6 Å². The predicted octanol–water partition coefficient (Wildman–Crippen LogP) is 4.02. The molecule has 1 saturated heterocycles. The van der Waals surface area contributed by atoms with E-state index in [-0.39, 0.29) is 0 Å². The molecule has 3 heterocycles. The van der Waals surface area contributed by atoms with Gasteiger partial charge in [-0.3, -0.25) is 0 Å². The van der Waals surface area contributed by atoms with Crippen LogP contribution in [0.5, 0.6) is 0 Å². The smallest absolute Gasteiger partial charge is 0.185 e. The van der Waals surface area contributed by atoms with Gasteiger partial charge in [0, 0.05) is 18.5 Å². The number of para-hydroxylation sites is 1. The lowest BCUT2D eigenvalue weighted by molar-refractivity contribution is 0.949. The Hall–Kier alpha value is -1.46. The van der Waals surface area contributed by atoms with E-state index in [4.69, 9.17) is 4.98 Å². The average molecular weight is 287 g/mol. The number of rotatable bonds is 2. The predicted molar refractivity (Wildman–Crippen MR) is 82.2 cm³/mol. The first-order chi connectivity index (χ1) is 9.40. The number of thiazole rings is 2. The molecule has 0 aliphatic carbocycles. The molecule has 1 aromatic carbocycles. The van der Waals surface area contributed by atoms with Crippen LogP contribution < -0.4 is 4.90 Å². The molecule has 5 heteroatoms. The maximum Gasteiger partial charge on any atom is 0.185 e. The highest BCUT2D eigenvalue weighted by Crippen LogP contribution is 2.33. The fourth-order valence-corrected chi connectivity index (χ4v) is 4.26. The molecular formula is C14H13N3S2. The zero-order valence-corrected chi connectivity index (χ0v) is 12.0. The second-order valence-electron chi connectivity index (χ2n) is 4.70. The summed E-state index contributed by atoms with van der Waals surface area (Å²) >= 11 is 3.45. The quantitative estimate of drug-likeness (QED) is 0.713. The van der Waals surface area contributed by atoms with Gasteiger partial charge in [-0.15, -0.1) is 22.7 Å². The van der Waals surface area contributed by atoms with Crippen molar-refractivity contribution in [2.75, 3.05) is 18.0 Å². The Balaban J connectivity index is 1.71. The summed E-state index contributed by atoms with van der Waals surface area (Å²) in [7, 11) is 0. The molecule has 1 aliphatic heterocycles. The summed E-state index contributed by atoms with van der Waals surface area (Å²) in [5.74, 6) is 0. The number of hydrogen-bond acceptors (Lipinski definition) is 5. The molecule has 19 heavy (non-hydrogen) atoms. The van der Waals surface area contributed by atoms with Gasteiger partial charge < -0.3 is 4.90 Å². The van der Waals surface area contributed by atoms with Crippen molar-refractivity contribution in [3.8, 4) is 10.7 Å². The molecule has 3 aromatic rings. The number of benzene rings is 1. The number of fused-ring (bicyclic) bond motifs is 1. The largest absolute Gasteiger partial charge is 0.348 e. The first-order valence-electron chi connectivity index (χ1n) is 6.46. The Morgan fingerprint density at radius 3 is 2.74 bits per heavy atom. The maximum absolute atomic E-state index is 4.75. The van der Waals surface area contributed by atoms with Gasteiger partial charge in [0.1, 0.15) is 10.7 Å². The zero-order chi connectivity index (χ0) is 12.7. The molecule has 0 radical (unpaired) electrons. The summed E-state index contributed by atoms with van der Waals surface area (Å²) < 4.78 is 1.23. The molecule has 0 bridgehead atoms. The van der Waals surface area contributed by atoms with Crippen molar-refractivity contribution in [1.29, 1.82) is 0 Å². The number of anilines is 1. The average Bonchev–Trinajstić information content (AvgIpc) is 3.17. The molecule has 0 unspecified atom stereocenters. The molecule has 3 nitrogen and oxygen atoms in total. The van der Waals surface area contributed by atoms with Crippen LogP contribution in [0.25, 0.3) is 20.9 Å². The molecule has 0 N–H and O–H groups in total. The minimum atomic E-state index is 1.02. The molecule has 4 rings (SSSR count). The lowest BCUT2D eigenvalue weighted by Crippen LogP contribution is -2.17. The van der Waals surface area contributed by atoms with Gasteiger partial charge in [-0.1, -0.05) is 12.1 Å². The van der Waals surface area contributed by atoms with Crippen LogP contribution in [0.4, 0.5) is 5.13 Å². The van der Waals surface area contributed by atoms with E-state index in [1.807, 2.05) is 6.07 Å². The van der Waals surface area contributed by atoms with Gasteiger partial charge in [-0.25, -0.2) is 9.97 Å². The minimum Gasteiger partial charge on any atom is -0.348 e. The fraction of sp³-hybridized carbons (Fsp3) is 0.286. The number of aromatic nitrogens is 2. The SMILES string of the molecule is c1ccc2sc(-c3csc(N4CCCC4)n3)nc2c1. The summed E-state index contributed by atoms with van der Waals surface area (Å²) in [6.45, 7) is 2.29. The van der Waals surface area contributed by atoms with Gasteiger partial charge in [0.15, 0.2) is 5.13 Å². The minimum absolute atomic E-state index is 1.02. The van der Waals surface area contributed by atoms with Gasteiger partial charge in [0.25, 0.3) is 0 Å². The monoisotopic (exact) mass is 287 g/mol. The molecule has 96 valence electrons. The Morgan fingerprint density at radius 2 is 1.89 bits per heavy atom. The van der Waals surface area contributed by atoms with Crippen LogP contribution in [-0.4, -0.2) is 23.1 Å². The van der Waals surface area contributed by atoms with Crippen molar-refractivity contribution in [1.82, 2.24) is 9.97 Å². The molecule has 1 aliphatic rings. The van der Waals surface area contributed by atoms with E-state index in [9.17, 15) is 0 Å². The van der Waals surface area contributed by atoms with Crippen LogP contribution in [-0.2, 0) is 0 Å². The molecule has 0 saturated carbocycles. The first kappa shape index (κ1) is 11.4. The number of hydrogen-bond donors (Lipinski definition) is 0. The van der Waals surface area contributed by atoms with E-state index in [1.165, 1.54) is 17.5 Å². The zero-order valence-electron chi connectivity index (χ0n) is 10.4. The second-order valence-corrected chi connectivity index (χ2v) is 6.56. The molecule has 0 atom stereocenters. The maximum atomic E-state index is 4.75. The molecule has 0 spiro atoms. The molecule has 2 aromatic heterocycles. The van der Waals surface area contributed by atoms with Gasteiger partial charge in [-0.05, 0) is 25.0 Å². The highest BCUT2D eigenvalue weighted by molar-refractivity contribution is 7.22. The van der Waals surface area contributed by atoms with E-state index >= 15 is 0 Å².